The van der Waals surface area contributed by atoms with Gasteiger partial charge in [-0.05, 0) is 26.7 Å². The minimum Gasteiger partial charge on any atom is -0.374 e. The standard InChI is InChI=1S/C13H22O5/c1-5-7-17-9-12(16)13(10(3)14,11(4)15)18-8-6-2/h5-9H2,1-4H3. The van der Waals surface area contributed by atoms with Crippen molar-refractivity contribution in [3.05, 3.63) is 0 Å². The van der Waals surface area contributed by atoms with Crippen LogP contribution >= 0.6 is 0 Å². The van der Waals surface area contributed by atoms with Crippen molar-refractivity contribution >= 4 is 17.3 Å². The molecule has 0 radical (unpaired) electrons. The minimum absolute atomic E-state index is 0.179. The van der Waals surface area contributed by atoms with Crippen molar-refractivity contribution in [1.82, 2.24) is 0 Å². The van der Waals surface area contributed by atoms with Crippen LogP contribution < -0.4 is 0 Å². The summed E-state index contributed by atoms with van der Waals surface area (Å²) in [4.78, 5) is 35.4. The molecule has 0 bridgehead atoms. The lowest BCUT2D eigenvalue weighted by molar-refractivity contribution is -0.166. The Morgan fingerprint density at radius 3 is 1.83 bits per heavy atom. The number of Topliss-reactive ketones (excluding diaryl/α,β-unsaturated/α-hetero) is 3. The van der Waals surface area contributed by atoms with Crippen molar-refractivity contribution < 1.29 is 23.9 Å². The second-order valence-corrected chi connectivity index (χ2v) is 4.12. The van der Waals surface area contributed by atoms with Crippen LogP contribution in [0.15, 0.2) is 0 Å². The van der Waals surface area contributed by atoms with Crippen LogP contribution in [0.25, 0.3) is 0 Å². The molecule has 0 saturated heterocycles. The predicted molar refractivity (Wildman–Crippen MR) is 66.5 cm³/mol. The van der Waals surface area contributed by atoms with Crippen LogP contribution in [0.1, 0.15) is 40.5 Å². The molecular weight excluding hydrogens is 236 g/mol. The van der Waals surface area contributed by atoms with Crippen LogP contribution in [0.4, 0.5) is 0 Å². The Kier molecular flexibility index (Phi) is 7.62. The molecule has 0 aromatic rings. The van der Waals surface area contributed by atoms with E-state index in [1.165, 1.54) is 13.8 Å². The molecule has 0 aliphatic rings. The minimum atomic E-state index is -1.98. The van der Waals surface area contributed by atoms with Crippen molar-refractivity contribution in [2.24, 2.45) is 0 Å². The zero-order chi connectivity index (χ0) is 14.2. The van der Waals surface area contributed by atoms with Crippen molar-refractivity contribution in [3.8, 4) is 0 Å². The van der Waals surface area contributed by atoms with Gasteiger partial charge in [0.1, 0.15) is 6.61 Å². The van der Waals surface area contributed by atoms with Crippen LogP contribution in [-0.2, 0) is 23.9 Å². The topological polar surface area (TPSA) is 69.7 Å². The van der Waals surface area contributed by atoms with Gasteiger partial charge in [0.05, 0.1) is 0 Å². The molecule has 5 nitrogen and oxygen atoms in total. The monoisotopic (exact) mass is 258 g/mol. The van der Waals surface area contributed by atoms with Gasteiger partial charge >= 0.3 is 0 Å². The Balaban J connectivity index is 4.98. The third-order valence-electron chi connectivity index (χ3n) is 2.49. The number of hydrogen-bond acceptors (Lipinski definition) is 5. The average molecular weight is 258 g/mol. The normalized spacial score (nSPS) is 11.3. The van der Waals surface area contributed by atoms with Gasteiger partial charge in [-0.15, -0.1) is 0 Å². The Hall–Kier alpha value is -1.07. The van der Waals surface area contributed by atoms with Crippen LogP contribution in [-0.4, -0.2) is 42.8 Å². The summed E-state index contributed by atoms with van der Waals surface area (Å²) in [7, 11) is 0. The summed E-state index contributed by atoms with van der Waals surface area (Å²) >= 11 is 0. The molecule has 0 N–H and O–H groups in total. The molecule has 0 unspecified atom stereocenters. The van der Waals surface area contributed by atoms with Crippen molar-refractivity contribution in [2.75, 3.05) is 19.8 Å². The van der Waals surface area contributed by atoms with Gasteiger partial charge < -0.3 is 9.47 Å². The first-order valence-corrected chi connectivity index (χ1v) is 6.20. The van der Waals surface area contributed by atoms with E-state index in [1.807, 2.05) is 13.8 Å². The van der Waals surface area contributed by atoms with Gasteiger partial charge in [0.15, 0.2) is 11.6 Å². The molecule has 0 spiro atoms. The summed E-state index contributed by atoms with van der Waals surface area (Å²) in [6.07, 6.45) is 1.38. The van der Waals surface area contributed by atoms with E-state index in [9.17, 15) is 14.4 Å². The van der Waals surface area contributed by atoms with Gasteiger partial charge in [0.2, 0.25) is 11.4 Å². The fourth-order valence-electron chi connectivity index (χ4n) is 1.59. The zero-order valence-electron chi connectivity index (χ0n) is 11.6. The number of ether oxygens (including phenoxy) is 2. The molecule has 0 aromatic heterocycles. The lowest BCUT2D eigenvalue weighted by atomic mass is 9.89. The van der Waals surface area contributed by atoms with Gasteiger partial charge in [-0.3, -0.25) is 14.4 Å². The third kappa shape index (κ3) is 3.99. The maximum absolute atomic E-state index is 12.0. The van der Waals surface area contributed by atoms with Gasteiger partial charge in [0, 0.05) is 13.2 Å². The highest BCUT2D eigenvalue weighted by molar-refractivity contribution is 6.27. The van der Waals surface area contributed by atoms with Crippen molar-refractivity contribution in [3.63, 3.8) is 0 Å². The Labute approximate surface area is 108 Å². The molecular formula is C13H22O5. The Bertz CT molecular complexity index is 295. The summed E-state index contributed by atoms with van der Waals surface area (Å²) in [5.74, 6) is -1.80. The summed E-state index contributed by atoms with van der Waals surface area (Å²) < 4.78 is 10.4. The van der Waals surface area contributed by atoms with Gasteiger partial charge in [-0.25, -0.2) is 0 Å². The zero-order valence-corrected chi connectivity index (χ0v) is 11.6. The highest BCUT2D eigenvalue weighted by Gasteiger charge is 2.48. The molecule has 104 valence electrons. The van der Waals surface area contributed by atoms with E-state index in [4.69, 9.17) is 9.47 Å². The van der Waals surface area contributed by atoms with E-state index in [-0.39, 0.29) is 13.2 Å². The fourth-order valence-corrected chi connectivity index (χ4v) is 1.59. The first kappa shape index (κ1) is 16.9. The van der Waals surface area contributed by atoms with E-state index in [0.29, 0.717) is 13.0 Å². The largest absolute Gasteiger partial charge is 0.374 e. The van der Waals surface area contributed by atoms with E-state index in [0.717, 1.165) is 6.42 Å². The average Bonchev–Trinajstić information content (AvgIpc) is 2.29. The molecule has 0 rings (SSSR count). The first-order valence-electron chi connectivity index (χ1n) is 6.20. The van der Waals surface area contributed by atoms with Gasteiger partial charge in [-0.2, -0.15) is 0 Å². The number of carbonyl (C=O) groups excluding carboxylic acids is 3. The van der Waals surface area contributed by atoms with Crippen molar-refractivity contribution in [1.29, 1.82) is 0 Å². The number of ketones is 3. The second-order valence-electron chi connectivity index (χ2n) is 4.12. The number of carbonyl (C=O) groups is 3. The fraction of sp³-hybridized carbons (Fsp3) is 0.769. The molecule has 0 heterocycles. The summed E-state index contributed by atoms with van der Waals surface area (Å²) in [5.41, 5.74) is -1.98. The van der Waals surface area contributed by atoms with E-state index < -0.39 is 23.0 Å². The first-order chi connectivity index (χ1) is 8.43. The highest BCUT2D eigenvalue weighted by Crippen LogP contribution is 2.17. The molecule has 18 heavy (non-hydrogen) atoms. The maximum Gasteiger partial charge on any atom is 0.244 e. The van der Waals surface area contributed by atoms with E-state index in [1.54, 1.807) is 0 Å². The molecule has 5 heteroatoms. The maximum atomic E-state index is 12.0. The highest BCUT2D eigenvalue weighted by atomic mass is 16.5. The van der Waals surface area contributed by atoms with E-state index >= 15 is 0 Å². The van der Waals surface area contributed by atoms with Crippen LogP contribution in [0.5, 0.6) is 0 Å². The molecule has 0 amide bonds. The summed E-state index contributed by atoms with van der Waals surface area (Å²) in [6, 6.07) is 0. The van der Waals surface area contributed by atoms with Crippen LogP contribution in [0, 0.1) is 0 Å². The van der Waals surface area contributed by atoms with Crippen LogP contribution in [0.3, 0.4) is 0 Å². The summed E-state index contributed by atoms with van der Waals surface area (Å²) in [5, 5.41) is 0. The van der Waals surface area contributed by atoms with Gasteiger partial charge in [-0.1, -0.05) is 13.8 Å². The predicted octanol–water partition coefficient (Wildman–Crippen LogP) is 1.33. The molecule has 0 aliphatic heterocycles. The Morgan fingerprint density at radius 1 is 0.944 bits per heavy atom. The molecule has 0 saturated carbocycles. The third-order valence-corrected chi connectivity index (χ3v) is 2.49. The van der Waals surface area contributed by atoms with Gasteiger partial charge in [0.25, 0.3) is 0 Å². The number of rotatable bonds is 10. The summed E-state index contributed by atoms with van der Waals surface area (Å²) in [6.45, 7) is 6.43. The van der Waals surface area contributed by atoms with E-state index in [2.05, 4.69) is 0 Å². The second kappa shape index (κ2) is 8.11. The molecule has 0 fully saturated rings. The Morgan fingerprint density at radius 2 is 1.44 bits per heavy atom. The van der Waals surface area contributed by atoms with Crippen LogP contribution in [0.2, 0.25) is 0 Å². The quantitative estimate of drug-likeness (QED) is 0.436. The molecule has 0 atom stereocenters. The SMILES string of the molecule is CCCOCC(=O)C(OCCC)(C(C)=O)C(C)=O. The lowest BCUT2D eigenvalue weighted by Crippen LogP contribution is -2.55. The molecule has 0 aromatic carbocycles. The lowest BCUT2D eigenvalue weighted by Gasteiger charge is -2.27. The van der Waals surface area contributed by atoms with Crippen molar-refractivity contribution in [2.45, 2.75) is 46.1 Å². The smallest absolute Gasteiger partial charge is 0.244 e. The molecule has 0 aliphatic carbocycles. The number of hydrogen-bond donors (Lipinski definition) is 0.